The molecule has 2 heterocycles. The average molecular weight is 344 g/mol. The van der Waals surface area contributed by atoms with E-state index in [1.807, 2.05) is 35.9 Å². The SMILES string of the molecule is COCCN1CC(C(=O)NCc2nc3ccccc3n2C)CCC1=O. The molecule has 1 atom stereocenters. The van der Waals surface area contributed by atoms with Crippen LogP contribution in [0.5, 0.6) is 0 Å². The summed E-state index contributed by atoms with van der Waals surface area (Å²) in [6.45, 7) is 1.85. The van der Waals surface area contributed by atoms with Gasteiger partial charge in [0.1, 0.15) is 5.82 Å². The van der Waals surface area contributed by atoms with Crippen LogP contribution in [0.1, 0.15) is 18.7 Å². The Hall–Kier alpha value is -2.41. The van der Waals surface area contributed by atoms with Crippen molar-refractivity contribution in [2.75, 3.05) is 26.8 Å². The number of hydrogen-bond donors (Lipinski definition) is 1. The smallest absolute Gasteiger partial charge is 0.225 e. The minimum atomic E-state index is -0.177. The van der Waals surface area contributed by atoms with E-state index in [4.69, 9.17) is 4.74 Å². The van der Waals surface area contributed by atoms with Crippen molar-refractivity contribution in [1.29, 1.82) is 0 Å². The van der Waals surface area contributed by atoms with Crippen LogP contribution >= 0.6 is 0 Å². The van der Waals surface area contributed by atoms with Gasteiger partial charge in [0.2, 0.25) is 11.8 Å². The number of aromatic nitrogens is 2. The molecular formula is C18H24N4O3. The van der Waals surface area contributed by atoms with Crippen molar-refractivity contribution >= 4 is 22.8 Å². The first-order valence-electron chi connectivity index (χ1n) is 8.55. The molecule has 1 aromatic carbocycles. The molecule has 7 nitrogen and oxygen atoms in total. The highest BCUT2D eigenvalue weighted by atomic mass is 16.5. The van der Waals surface area contributed by atoms with Gasteiger partial charge in [0.15, 0.2) is 0 Å². The van der Waals surface area contributed by atoms with E-state index in [0.717, 1.165) is 16.9 Å². The zero-order valence-corrected chi connectivity index (χ0v) is 14.7. The van der Waals surface area contributed by atoms with E-state index in [9.17, 15) is 9.59 Å². The van der Waals surface area contributed by atoms with Gasteiger partial charge in [0, 0.05) is 33.7 Å². The first kappa shape index (κ1) is 17.4. The molecule has 0 spiro atoms. The minimum absolute atomic E-state index is 0.0260. The molecule has 3 rings (SSSR count). The molecule has 0 saturated carbocycles. The highest BCUT2D eigenvalue weighted by molar-refractivity contribution is 5.84. The van der Waals surface area contributed by atoms with Gasteiger partial charge in [-0.25, -0.2) is 4.98 Å². The third-order valence-corrected chi connectivity index (χ3v) is 4.74. The van der Waals surface area contributed by atoms with Crippen LogP contribution in [-0.2, 0) is 27.9 Å². The second kappa shape index (κ2) is 7.65. The Morgan fingerprint density at radius 2 is 2.20 bits per heavy atom. The summed E-state index contributed by atoms with van der Waals surface area (Å²) < 4.78 is 7.02. The number of carbonyl (C=O) groups is 2. The summed E-state index contributed by atoms with van der Waals surface area (Å²) in [7, 11) is 3.55. The molecule has 2 amide bonds. The summed E-state index contributed by atoms with van der Waals surface area (Å²) in [5.74, 6) is 0.709. The predicted molar refractivity (Wildman–Crippen MR) is 93.7 cm³/mol. The van der Waals surface area contributed by atoms with Crippen molar-refractivity contribution in [2.24, 2.45) is 13.0 Å². The molecule has 1 aromatic heterocycles. The van der Waals surface area contributed by atoms with Crippen molar-refractivity contribution in [3.63, 3.8) is 0 Å². The topological polar surface area (TPSA) is 76.5 Å². The second-order valence-corrected chi connectivity index (χ2v) is 6.36. The van der Waals surface area contributed by atoms with Crippen LogP contribution < -0.4 is 5.32 Å². The van der Waals surface area contributed by atoms with Crippen molar-refractivity contribution in [3.05, 3.63) is 30.1 Å². The largest absolute Gasteiger partial charge is 0.383 e. The van der Waals surface area contributed by atoms with Gasteiger partial charge < -0.3 is 19.5 Å². The van der Waals surface area contributed by atoms with E-state index in [1.165, 1.54) is 0 Å². The van der Waals surface area contributed by atoms with Crippen LogP contribution in [0.2, 0.25) is 0 Å². The fourth-order valence-corrected chi connectivity index (χ4v) is 3.21. The van der Waals surface area contributed by atoms with Crippen LogP contribution in [0.3, 0.4) is 0 Å². The number of hydrogen-bond acceptors (Lipinski definition) is 4. The van der Waals surface area contributed by atoms with E-state index >= 15 is 0 Å². The molecule has 0 radical (unpaired) electrons. The summed E-state index contributed by atoms with van der Waals surface area (Å²) in [5.41, 5.74) is 1.96. The average Bonchev–Trinajstić information content (AvgIpc) is 2.95. The third kappa shape index (κ3) is 3.82. The van der Waals surface area contributed by atoms with E-state index < -0.39 is 0 Å². The molecule has 1 fully saturated rings. The predicted octanol–water partition coefficient (Wildman–Crippen LogP) is 1.07. The number of amides is 2. The summed E-state index contributed by atoms with van der Waals surface area (Å²) in [4.78, 5) is 30.7. The lowest BCUT2D eigenvalue weighted by Gasteiger charge is -2.31. The third-order valence-electron chi connectivity index (χ3n) is 4.74. The van der Waals surface area contributed by atoms with E-state index in [-0.39, 0.29) is 17.7 Å². The van der Waals surface area contributed by atoms with Crippen molar-refractivity contribution < 1.29 is 14.3 Å². The Kier molecular flexibility index (Phi) is 5.33. The Balaban J connectivity index is 1.60. The second-order valence-electron chi connectivity index (χ2n) is 6.36. The van der Waals surface area contributed by atoms with Crippen molar-refractivity contribution in [2.45, 2.75) is 19.4 Å². The van der Waals surface area contributed by atoms with Gasteiger partial charge in [-0.15, -0.1) is 0 Å². The molecular weight excluding hydrogens is 320 g/mol. The number of nitrogens with one attached hydrogen (secondary N) is 1. The molecule has 0 aliphatic carbocycles. The van der Waals surface area contributed by atoms with Gasteiger partial charge in [-0.2, -0.15) is 0 Å². The normalized spacial score (nSPS) is 17.9. The lowest BCUT2D eigenvalue weighted by Crippen LogP contribution is -2.46. The molecule has 1 unspecified atom stereocenters. The van der Waals surface area contributed by atoms with E-state index in [0.29, 0.717) is 39.1 Å². The number of nitrogens with zero attached hydrogens (tertiary/aromatic N) is 3. The number of likely N-dealkylation sites (tertiary alicyclic amines) is 1. The number of ether oxygens (including phenoxy) is 1. The molecule has 1 aliphatic heterocycles. The number of imidazole rings is 1. The Morgan fingerprint density at radius 1 is 1.40 bits per heavy atom. The maximum Gasteiger partial charge on any atom is 0.225 e. The zero-order chi connectivity index (χ0) is 17.8. The highest BCUT2D eigenvalue weighted by Crippen LogP contribution is 2.18. The molecule has 25 heavy (non-hydrogen) atoms. The molecule has 2 aromatic rings. The maximum absolute atomic E-state index is 12.5. The maximum atomic E-state index is 12.5. The van der Waals surface area contributed by atoms with Crippen LogP contribution in [0.25, 0.3) is 11.0 Å². The van der Waals surface area contributed by atoms with Gasteiger partial charge in [-0.05, 0) is 18.6 Å². The standard InChI is InChI=1S/C18H24N4O3/c1-21-15-6-4-3-5-14(15)20-16(21)11-19-18(24)13-7-8-17(23)22(12-13)9-10-25-2/h3-6,13H,7-12H2,1-2H3,(H,19,24). The summed E-state index contributed by atoms with van der Waals surface area (Å²) in [6.07, 6.45) is 1.00. The number of piperidine rings is 1. The number of rotatable bonds is 6. The van der Waals surface area contributed by atoms with Crippen LogP contribution in [0.4, 0.5) is 0 Å². The molecule has 0 bridgehead atoms. The fraction of sp³-hybridized carbons (Fsp3) is 0.500. The van der Waals surface area contributed by atoms with E-state index in [2.05, 4.69) is 10.3 Å². The van der Waals surface area contributed by atoms with Crippen LogP contribution in [0, 0.1) is 5.92 Å². The summed E-state index contributed by atoms with van der Waals surface area (Å²) in [5, 5.41) is 2.97. The van der Waals surface area contributed by atoms with E-state index in [1.54, 1.807) is 12.0 Å². The molecule has 134 valence electrons. The highest BCUT2D eigenvalue weighted by Gasteiger charge is 2.30. The molecule has 1 aliphatic rings. The molecule has 1 saturated heterocycles. The summed E-state index contributed by atoms with van der Waals surface area (Å²) in [6, 6.07) is 7.89. The Labute approximate surface area is 147 Å². The Morgan fingerprint density at radius 3 is 2.96 bits per heavy atom. The molecule has 7 heteroatoms. The first-order valence-corrected chi connectivity index (χ1v) is 8.55. The van der Waals surface area contributed by atoms with Gasteiger partial charge in [-0.1, -0.05) is 12.1 Å². The number of carbonyl (C=O) groups excluding carboxylic acids is 2. The first-order chi connectivity index (χ1) is 12.1. The van der Waals surface area contributed by atoms with Gasteiger partial charge in [0.25, 0.3) is 0 Å². The summed E-state index contributed by atoms with van der Waals surface area (Å²) >= 11 is 0. The van der Waals surface area contributed by atoms with Gasteiger partial charge in [0.05, 0.1) is 30.1 Å². The fourth-order valence-electron chi connectivity index (χ4n) is 3.21. The van der Waals surface area contributed by atoms with Crippen molar-refractivity contribution in [1.82, 2.24) is 19.8 Å². The monoisotopic (exact) mass is 344 g/mol. The minimum Gasteiger partial charge on any atom is -0.383 e. The van der Waals surface area contributed by atoms with Gasteiger partial charge in [-0.3, -0.25) is 9.59 Å². The quantitative estimate of drug-likeness (QED) is 0.851. The zero-order valence-electron chi connectivity index (χ0n) is 14.7. The molecule has 1 N–H and O–H groups in total. The number of methoxy groups -OCH3 is 1. The number of fused-ring (bicyclic) bond motifs is 1. The van der Waals surface area contributed by atoms with Gasteiger partial charge >= 0.3 is 0 Å². The number of aryl methyl sites for hydroxylation is 1. The number of benzene rings is 1. The number of para-hydroxylation sites is 2. The lowest BCUT2D eigenvalue weighted by molar-refractivity contribution is -0.139. The Bertz CT molecular complexity index is 771. The lowest BCUT2D eigenvalue weighted by atomic mass is 9.96. The van der Waals surface area contributed by atoms with Crippen molar-refractivity contribution in [3.8, 4) is 0 Å². The van der Waals surface area contributed by atoms with Crippen LogP contribution in [0.15, 0.2) is 24.3 Å². The van der Waals surface area contributed by atoms with Crippen LogP contribution in [-0.4, -0.2) is 53.1 Å².